The van der Waals surface area contributed by atoms with Gasteiger partial charge in [-0.25, -0.2) is 8.42 Å². The molecule has 0 bridgehead atoms. The van der Waals surface area contributed by atoms with Gasteiger partial charge in [0.05, 0.1) is 4.90 Å². The lowest BCUT2D eigenvalue weighted by Gasteiger charge is -2.31. The maximum absolute atomic E-state index is 12.8. The smallest absolute Gasteiger partial charge is 0.243 e. The van der Waals surface area contributed by atoms with E-state index in [-0.39, 0.29) is 11.8 Å². The van der Waals surface area contributed by atoms with Gasteiger partial charge in [-0.15, -0.1) is 0 Å². The SMILES string of the molecule is Cc1ccc(S(=O)(=O)N2CCC(CC(=O)NCCC(C)N3CCCC3)CC2)cc1. The van der Waals surface area contributed by atoms with Crippen LogP contribution in [0.25, 0.3) is 0 Å². The number of rotatable bonds is 8. The number of piperidine rings is 1. The third-order valence-electron chi connectivity index (χ3n) is 6.35. The van der Waals surface area contributed by atoms with Crippen molar-refractivity contribution in [2.24, 2.45) is 5.92 Å². The highest BCUT2D eigenvalue weighted by Gasteiger charge is 2.30. The molecule has 1 aromatic carbocycles. The lowest BCUT2D eigenvalue weighted by molar-refractivity contribution is -0.122. The maximum atomic E-state index is 12.8. The van der Waals surface area contributed by atoms with E-state index in [0.717, 1.165) is 31.4 Å². The molecular weight excluding hydrogens is 386 g/mol. The molecule has 1 aromatic rings. The number of nitrogens with zero attached hydrogens (tertiary/aromatic N) is 2. The summed E-state index contributed by atoms with van der Waals surface area (Å²) in [5.41, 5.74) is 1.04. The monoisotopic (exact) mass is 421 g/mol. The van der Waals surface area contributed by atoms with Crippen LogP contribution in [0.2, 0.25) is 0 Å². The van der Waals surface area contributed by atoms with Gasteiger partial charge in [-0.2, -0.15) is 4.31 Å². The Morgan fingerprint density at radius 1 is 1.10 bits per heavy atom. The van der Waals surface area contributed by atoms with E-state index in [1.54, 1.807) is 16.4 Å². The van der Waals surface area contributed by atoms with Crippen molar-refractivity contribution in [3.8, 4) is 0 Å². The first kappa shape index (κ1) is 22.2. The molecule has 162 valence electrons. The molecular formula is C22H35N3O3S. The van der Waals surface area contributed by atoms with E-state index in [1.807, 2.05) is 19.1 Å². The third-order valence-corrected chi connectivity index (χ3v) is 8.27. The number of sulfonamides is 1. The van der Waals surface area contributed by atoms with E-state index >= 15 is 0 Å². The molecule has 2 aliphatic heterocycles. The third kappa shape index (κ3) is 6.03. The number of likely N-dealkylation sites (tertiary alicyclic amines) is 1. The first-order valence-corrected chi connectivity index (χ1v) is 12.4. The van der Waals surface area contributed by atoms with Gasteiger partial charge in [-0.05, 0) is 77.1 Å². The molecule has 29 heavy (non-hydrogen) atoms. The molecule has 7 heteroatoms. The van der Waals surface area contributed by atoms with Gasteiger partial charge in [0.15, 0.2) is 0 Å². The zero-order chi connectivity index (χ0) is 20.9. The Kier molecular flexibility index (Phi) is 7.71. The molecule has 2 aliphatic rings. The van der Waals surface area contributed by atoms with Crippen molar-refractivity contribution in [1.29, 1.82) is 0 Å². The summed E-state index contributed by atoms with van der Waals surface area (Å²) in [6.45, 7) is 8.23. The van der Waals surface area contributed by atoms with E-state index < -0.39 is 10.0 Å². The quantitative estimate of drug-likeness (QED) is 0.701. The van der Waals surface area contributed by atoms with Crippen LogP contribution < -0.4 is 5.32 Å². The minimum absolute atomic E-state index is 0.0958. The van der Waals surface area contributed by atoms with Crippen LogP contribution >= 0.6 is 0 Å². The van der Waals surface area contributed by atoms with Crippen molar-refractivity contribution in [3.05, 3.63) is 29.8 Å². The first-order chi connectivity index (χ1) is 13.9. The number of amides is 1. The second-order valence-corrected chi connectivity index (χ2v) is 10.5. The van der Waals surface area contributed by atoms with E-state index in [4.69, 9.17) is 0 Å². The molecule has 0 saturated carbocycles. The highest BCUT2D eigenvalue weighted by molar-refractivity contribution is 7.89. The van der Waals surface area contributed by atoms with Gasteiger partial charge in [0, 0.05) is 32.1 Å². The molecule has 1 unspecified atom stereocenters. The van der Waals surface area contributed by atoms with Gasteiger partial charge >= 0.3 is 0 Å². The molecule has 2 fully saturated rings. The van der Waals surface area contributed by atoms with Crippen LogP contribution in [0.3, 0.4) is 0 Å². The summed E-state index contributed by atoms with van der Waals surface area (Å²) in [5, 5.41) is 3.06. The van der Waals surface area contributed by atoms with Crippen molar-refractivity contribution >= 4 is 15.9 Å². The summed E-state index contributed by atoms with van der Waals surface area (Å²) in [4.78, 5) is 15.1. The average molecular weight is 422 g/mol. The fraction of sp³-hybridized carbons (Fsp3) is 0.682. The van der Waals surface area contributed by atoms with Gasteiger partial charge in [0.25, 0.3) is 0 Å². The number of hydrogen-bond acceptors (Lipinski definition) is 4. The topological polar surface area (TPSA) is 69.7 Å². The van der Waals surface area contributed by atoms with Crippen LogP contribution in [-0.2, 0) is 14.8 Å². The Labute approximate surface area is 175 Å². The van der Waals surface area contributed by atoms with Crippen LogP contribution in [0.15, 0.2) is 29.2 Å². The Morgan fingerprint density at radius 2 is 1.72 bits per heavy atom. The summed E-state index contributed by atoms with van der Waals surface area (Å²) >= 11 is 0. The highest BCUT2D eigenvalue weighted by Crippen LogP contribution is 2.25. The molecule has 2 saturated heterocycles. The average Bonchev–Trinajstić information content (AvgIpc) is 3.24. The minimum Gasteiger partial charge on any atom is -0.356 e. The summed E-state index contributed by atoms with van der Waals surface area (Å²) in [7, 11) is -3.43. The zero-order valence-corrected chi connectivity index (χ0v) is 18.6. The van der Waals surface area contributed by atoms with Crippen LogP contribution in [0.4, 0.5) is 0 Å². The second-order valence-electron chi connectivity index (χ2n) is 8.60. The lowest BCUT2D eigenvalue weighted by Crippen LogP contribution is -2.40. The minimum atomic E-state index is -3.43. The zero-order valence-electron chi connectivity index (χ0n) is 17.8. The Hall–Kier alpha value is -1.44. The van der Waals surface area contributed by atoms with Crippen molar-refractivity contribution in [2.75, 3.05) is 32.7 Å². The Bertz CT molecular complexity index is 765. The molecule has 0 aliphatic carbocycles. The molecule has 0 aromatic heterocycles. The number of carbonyl (C=O) groups excluding carboxylic acids is 1. The number of benzene rings is 1. The Balaban J connectivity index is 1.39. The fourth-order valence-electron chi connectivity index (χ4n) is 4.33. The Morgan fingerprint density at radius 3 is 2.34 bits per heavy atom. The van der Waals surface area contributed by atoms with Gasteiger partial charge < -0.3 is 10.2 Å². The molecule has 3 rings (SSSR count). The maximum Gasteiger partial charge on any atom is 0.243 e. The largest absolute Gasteiger partial charge is 0.356 e. The molecule has 6 nitrogen and oxygen atoms in total. The van der Waals surface area contributed by atoms with Crippen LogP contribution in [0.5, 0.6) is 0 Å². The predicted molar refractivity (Wildman–Crippen MR) is 115 cm³/mol. The molecule has 0 spiro atoms. The molecule has 0 radical (unpaired) electrons. The summed E-state index contributed by atoms with van der Waals surface area (Å²) in [5.74, 6) is 0.355. The standard InChI is InChI=1S/C22H35N3O3S/c1-18-5-7-21(8-6-18)29(27,28)25-15-10-20(11-16-25)17-22(26)23-12-9-19(2)24-13-3-4-14-24/h5-8,19-20H,3-4,9-17H2,1-2H3,(H,23,26). The van der Waals surface area contributed by atoms with Crippen LogP contribution in [0.1, 0.15) is 51.0 Å². The van der Waals surface area contributed by atoms with E-state index in [9.17, 15) is 13.2 Å². The summed E-state index contributed by atoms with van der Waals surface area (Å²) in [6, 6.07) is 7.53. The van der Waals surface area contributed by atoms with Gasteiger partial charge in [-0.1, -0.05) is 17.7 Å². The molecule has 1 N–H and O–H groups in total. The van der Waals surface area contributed by atoms with Gasteiger partial charge in [0.1, 0.15) is 0 Å². The predicted octanol–water partition coefficient (Wildman–Crippen LogP) is 2.78. The molecule has 1 atom stereocenters. The van der Waals surface area contributed by atoms with Crippen molar-refractivity contribution < 1.29 is 13.2 Å². The first-order valence-electron chi connectivity index (χ1n) is 10.9. The normalized spacial score (nSPS) is 20.6. The number of nitrogens with one attached hydrogen (secondary N) is 1. The molecule has 2 heterocycles. The lowest BCUT2D eigenvalue weighted by atomic mass is 9.94. The fourth-order valence-corrected chi connectivity index (χ4v) is 5.80. The highest BCUT2D eigenvalue weighted by atomic mass is 32.2. The van der Waals surface area contributed by atoms with E-state index in [1.165, 1.54) is 25.9 Å². The van der Waals surface area contributed by atoms with Crippen molar-refractivity contribution in [2.45, 2.75) is 63.3 Å². The number of hydrogen-bond donors (Lipinski definition) is 1. The van der Waals surface area contributed by atoms with Gasteiger partial charge in [0.2, 0.25) is 15.9 Å². The van der Waals surface area contributed by atoms with E-state index in [0.29, 0.717) is 30.4 Å². The van der Waals surface area contributed by atoms with Crippen molar-refractivity contribution in [1.82, 2.24) is 14.5 Å². The van der Waals surface area contributed by atoms with Crippen LogP contribution in [-0.4, -0.2) is 62.3 Å². The summed E-state index contributed by atoms with van der Waals surface area (Å²) < 4.78 is 27.1. The van der Waals surface area contributed by atoms with Crippen LogP contribution in [0, 0.1) is 12.8 Å². The van der Waals surface area contributed by atoms with Gasteiger partial charge in [-0.3, -0.25) is 4.79 Å². The second kappa shape index (κ2) is 10.0. The van der Waals surface area contributed by atoms with E-state index in [2.05, 4.69) is 17.1 Å². The number of carbonyl (C=O) groups is 1. The summed E-state index contributed by atoms with van der Waals surface area (Å²) in [6.07, 6.45) is 5.53. The number of aryl methyl sites for hydroxylation is 1. The molecule has 1 amide bonds. The van der Waals surface area contributed by atoms with Crippen molar-refractivity contribution in [3.63, 3.8) is 0 Å².